The van der Waals surface area contributed by atoms with Crippen LogP contribution in [0.5, 0.6) is 0 Å². The fourth-order valence-electron chi connectivity index (χ4n) is 1.94. The minimum Gasteiger partial charge on any atom is -0.390 e. The van der Waals surface area contributed by atoms with Crippen LogP contribution in [0.3, 0.4) is 0 Å². The Morgan fingerprint density at radius 1 is 1.45 bits per heavy atom. The van der Waals surface area contributed by atoms with Crippen molar-refractivity contribution in [3.8, 4) is 0 Å². The van der Waals surface area contributed by atoms with E-state index in [9.17, 15) is 15.0 Å². The maximum absolute atomic E-state index is 12.0. The fourth-order valence-corrected chi connectivity index (χ4v) is 2.85. The van der Waals surface area contributed by atoms with Crippen molar-refractivity contribution in [2.24, 2.45) is 0 Å². The Labute approximate surface area is 121 Å². The minimum absolute atomic E-state index is 0.178. The van der Waals surface area contributed by atoms with Crippen LogP contribution >= 0.6 is 11.8 Å². The second kappa shape index (κ2) is 6.60. The Balaban J connectivity index is 1.99. The van der Waals surface area contributed by atoms with Gasteiger partial charge in [0.15, 0.2) is 12.8 Å². The van der Waals surface area contributed by atoms with Gasteiger partial charge in [0.25, 0.3) is 5.91 Å². The lowest BCUT2D eigenvalue weighted by Crippen LogP contribution is -2.55. The molecule has 1 saturated carbocycles. The molecule has 112 valence electrons. The van der Waals surface area contributed by atoms with Gasteiger partial charge in [-0.05, 0) is 12.8 Å². The molecule has 2 aliphatic rings. The van der Waals surface area contributed by atoms with Crippen LogP contribution in [0.4, 0.5) is 0 Å². The zero-order valence-corrected chi connectivity index (χ0v) is 12.1. The smallest absolute Gasteiger partial charge is 0.390 e. The lowest BCUT2D eigenvalue weighted by atomic mass is 10.0. The second-order valence-corrected chi connectivity index (χ2v) is 6.04. The highest BCUT2D eigenvalue weighted by molar-refractivity contribution is 8.14. The zero-order chi connectivity index (χ0) is 14.7. The summed E-state index contributed by atoms with van der Waals surface area (Å²) in [5, 5.41) is 25.9. The van der Waals surface area contributed by atoms with Gasteiger partial charge < -0.3 is 20.3 Å². The van der Waals surface area contributed by atoms with Crippen LogP contribution in [0.25, 0.3) is 0 Å². The highest BCUT2D eigenvalue weighted by Gasteiger charge is 2.43. The lowest BCUT2D eigenvalue weighted by molar-refractivity contribution is -0.167. The Kier molecular flexibility index (Phi) is 5.06. The van der Waals surface area contributed by atoms with E-state index >= 15 is 0 Å². The highest BCUT2D eigenvalue weighted by atomic mass is 32.2. The number of carbonyl (C=O) groups is 1. The van der Waals surface area contributed by atoms with Crippen molar-refractivity contribution < 1.29 is 19.7 Å². The van der Waals surface area contributed by atoms with E-state index in [0.29, 0.717) is 5.17 Å². The van der Waals surface area contributed by atoms with E-state index in [-0.39, 0.29) is 18.4 Å². The molecule has 0 aromatic heterocycles. The average Bonchev–Trinajstić information content (AvgIpc) is 3.23. The van der Waals surface area contributed by atoms with Crippen molar-refractivity contribution >= 4 is 29.6 Å². The molecule has 0 bridgehead atoms. The predicted molar refractivity (Wildman–Crippen MR) is 77.4 cm³/mol. The van der Waals surface area contributed by atoms with Gasteiger partial charge in [-0.3, -0.25) is 10.1 Å². The molecule has 1 amide bonds. The maximum Gasteiger partial charge on any atom is 0.405 e. The molecule has 0 radical (unpaired) electrons. The summed E-state index contributed by atoms with van der Waals surface area (Å²) in [6.45, 7) is 3.42. The van der Waals surface area contributed by atoms with Gasteiger partial charge in [-0.15, -0.1) is 0 Å². The highest BCUT2D eigenvalue weighted by Crippen LogP contribution is 2.28. The molecule has 4 unspecified atom stereocenters. The third kappa shape index (κ3) is 3.74. The van der Waals surface area contributed by atoms with E-state index in [1.807, 2.05) is 0 Å². The molecule has 0 aromatic carbocycles. The standard InChI is InChI=1S/C12H19N3O4S/c1-13-12(14-2)20-8-5-7(16)9(17)10(19-8)11(18)15-6-3-4-6/h6-10,16-17H,1,3-5H2,2H3,(H,15,18)/p+1. The van der Waals surface area contributed by atoms with Crippen LogP contribution in [0, 0.1) is 0 Å². The number of amides is 1. The lowest BCUT2D eigenvalue weighted by Gasteiger charge is -2.35. The minimum atomic E-state index is -1.21. The van der Waals surface area contributed by atoms with Crippen molar-refractivity contribution in [1.82, 2.24) is 15.3 Å². The number of carbonyl (C=O) groups excluding carboxylic acids is 1. The summed E-state index contributed by atoms with van der Waals surface area (Å²) in [5.41, 5.74) is -0.462. The molecule has 1 aliphatic heterocycles. The summed E-state index contributed by atoms with van der Waals surface area (Å²) >= 11 is 1.23. The molecule has 2 fully saturated rings. The fraction of sp³-hybridized carbons (Fsp3) is 0.750. The van der Waals surface area contributed by atoms with Crippen LogP contribution < -0.4 is 15.3 Å². The Morgan fingerprint density at radius 2 is 2.15 bits per heavy atom. The Morgan fingerprint density at radius 3 is 2.70 bits per heavy atom. The van der Waals surface area contributed by atoms with Crippen LogP contribution in [-0.4, -0.2) is 64.8 Å². The maximum atomic E-state index is 12.0. The number of aliphatic hydroxyl groups is 2. The molecule has 1 aliphatic carbocycles. The molecule has 4 N–H and O–H groups in total. The van der Waals surface area contributed by atoms with E-state index < -0.39 is 23.7 Å². The van der Waals surface area contributed by atoms with Crippen LogP contribution in [0.15, 0.2) is 0 Å². The first-order valence-corrected chi connectivity index (χ1v) is 7.43. The summed E-state index contributed by atoms with van der Waals surface area (Å²) in [4.78, 5) is 12.0. The number of rotatable bonds is 3. The van der Waals surface area contributed by atoms with E-state index in [2.05, 4.69) is 22.0 Å². The van der Waals surface area contributed by atoms with Gasteiger partial charge in [0.2, 0.25) is 0 Å². The largest absolute Gasteiger partial charge is 0.405 e. The van der Waals surface area contributed by atoms with Crippen molar-refractivity contribution in [2.75, 3.05) is 7.05 Å². The number of nitrogens with zero attached hydrogens (tertiary/aromatic N) is 1. The van der Waals surface area contributed by atoms with Crippen molar-refractivity contribution in [1.29, 1.82) is 0 Å². The molecule has 0 aromatic rings. The average molecular weight is 302 g/mol. The Hall–Kier alpha value is -1.05. The van der Waals surface area contributed by atoms with Gasteiger partial charge in [-0.1, -0.05) is 0 Å². The third-order valence-corrected chi connectivity index (χ3v) is 4.34. The molecule has 7 nitrogen and oxygen atoms in total. The van der Waals surface area contributed by atoms with Gasteiger partial charge in [0.1, 0.15) is 11.5 Å². The molecular formula is C12H20N3O4S+. The van der Waals surface area contributed by atoms with Crippen LogP contribution in [0.2, 0.25) is 0 Å². The number of ether oxygens (including phenoxy) is 1. The van der Waals surface area contributed by atoms with Gasteiger partial charge in [0.05, 0.1) is 13.2 Å². The summed E-state index contributed by atoms with van der Waals surface area (Å²) in [6.07, 6.45) is -1.14. The van der Waals surface area contributed by atoms with Crippen molar-refractivity contribution in [3.63, 3.8) is 0 Å². The van der Waals surface area contributed by atoms with Gasteiger partial charge >= 0.3 is 5.17 Å². The number of thioether (sulfide) groups is 1. The van der Waals surface area contributed by atoms with E-state index in [4.69, 9.17) is 4.74 Å². The van der Waals surface area contributed by atoms with E-state index in [1.165, 1.54) is 11.8 Å². The first-order chi connectivity index (χ1) is 9.55. The number of nitrogens with one attached hydrogen (secondary N) is 2. The second-order valence-electron chi connectivity index (χ2n) is 4.89. The first kappa shape index (κ1) is 15.3. The summed E-state index contributed by atoms with van der Waals surface area (Å²) in [6, 6.07) is 0.178. The van der Waals surface area contributed by atoms with Gasteiger partial charge in [0, 0.05) is 24.2 Å². The molecule has 4 atom stereocenters. The van der Waals surface area contributed by atoms with Crippen molar-refractivity contribution in [3.05, 3.63) is 0 Å². The molecule has 1 saturated heterocycles. The van der Waals surface area contributed by atoms with E-state index in [0.717, 1.165) is 12.8 Å². The van der Waals surface area contributed by atoms with Crippen LogP contribution in [0.1, 0.15) is 19.3 Å². The number of amidine groups is 1. The Bertz CT molecular complexity index is 423. The zero-order valence-electron chi connectivity index (χ0n) is 11.3. The summed E-state index contributed by atoms with van der Waals surface area (Å²) in [5.74, 6) is -0.373. The van der Waals surface area contributed by atoms with Gasteiger partial charge in [-0.2, -0.15) is 0 Å². The predicted octanol–water partition coefficient (Wildman–Crippen LogP) is -1.82. The van der Waals surface area contributed by atoms with E-state index in [1.54, 1.807) is 7.05 Å². The normalized spacial score (nSPS) is 33.1. The quantitative estimate of drug-likeness (QED) is 0.278. The number of hydrogen-bond acceptors (Lipinski definition) is 5. The molecule has 0 spiro atoms. The molecular weight excluding hydrogens is 282 g/mol. The monoisotopic (exact) mass is 302 g/mol. The third-order valence-electron chi connectivity index (χ3n) is 3.22. The molecule has 1 heterocycles. The first-order valence-electron chi connectivity index (χ1n) is 6.55. The topological polar surface area (TPSA) is 105 Å². The molecule has 2 rings (SSSR count). The summed E-state index contributed by atoms with van der Waals surface area (Å²) in [7, 11) is 1.70. The molecule has 8 heteroatoms. The number of aliphatic hydroxyl groups excluding tert-OH is 2. The van der Waals surface area contributed by atoms with Crippen molar-refractivity contribution in [2.45, 2.75) is 49.1 Å². The summed E-state index contributed by atoms with van der Waals surface area (Å²) < 4.78 is 9.35. The SMILES string of the molecule is C=[N+]=C(NC)SC1CC(O)C(O)C(C(=O)NC2CC2)O1. The number of hydrogen-bond donors (Lipinski definition) is 4. The van der Waals surface area contributed by atoms with Crippen LogP contribution in [-0.2, 0) is 9.53 Å². The molecule has 20 heavy (non-hydrogen) atoms. The van der Waals surface area contributed by atoms with Gasteiger partial charge in [-0.25, -0.2) is 4.67 Å².